The Morgan fingerprint density at radius 1 is 1.06 bits per heavy atom. The zero-order chi connectivity index (χ0) is 23.8. The number of nitrogens with one attached hydrogen (secondary N) is 1. The third-order valence-corrected chi connectivity index (χ3v) is 8.29. The summed E-state index contributed by atoms with van der Waals surface area (Å²) in [5.41, 5.74) is 1.52. The number of nitrogens with zero attached hydrogens (tertiary/aromatic N) is 3. The minimum Gasteiger partial charge on any atom is -0.411 e. The highest BCUT2D eigenvalue weighted by Gasteiger charge is 2.24. The zero-order valence-electron chi connectivity index (χ0n) is 18.9. The maximum atomic E-state index is 12.8. The van der Waals surface area contributed by atoms with Gasteiger partial charge in [-0.3, -0.25) is 4.79 Å². The van der Waals surface area contributed by atoms with Crippen molar-refractivity contribution in [3.05, 3.63) is 60.2 Å². The smallest absolute Gasteiger partial charge is 0.277 e. The van der Waals surface area contributed by atoms with Crippen molar-refractivity contribution in [2.75, 3.05) is 13.1 Å². The number of benzene rings is 2. The molecule has 2 aromatic carbocycles. The molecule has 0 radical (unpaired) electrons. The molecule has 33 heavy (non-hydrogen) atoms. The molecule has 0 bridgehead atoms. The van der Waals surface area contributed by atoms with Gasteiger partial charge in [-0.25, -0.2) is 8.42 Å². The Bertz CT molecular complexity index is 1160. The summed E-state index contributed by atoms with van der Waals surface area (Å²) >= 11 is 1.19. The Labute approximate surface area is 198 Å². The number of thioether (sulfide) groups is 1. The van der Waals surface area contributed by atoms with Gasteiger partial charge >= 0.3 is 0 Å². The van der Waals surface area contributed by atoms with Crippen LogP contribution in [0.5, 0.6) is 0 Å². The van der Waals surface area contributed by atoms with Gasteiger partial charge in [0.1, 0.15) is 0 Å². The van der Waals surface area contributed by atoms with Crippen molar-refractivity contribution >= 4 is 27.7 Å². The number of aromatic nitrogens is 2. The lowest BCUT2D eigenvalue weighted by Crippen LogP contribution is -2.31. The molecule has 8 nitrogen and oxygen atoms in total. The van der Waals surface area contributed by atoms with Crippen LogP contribution < -0.4 is 5.32 Å². The van der Waals surface area contributed by atoms with Crippen LogP contribution in [0.25, 0.3) is 11.5 Å². The van der Waals surface area contributed by atoms with Crippen molar-refractivity contribution in [3.8, 4) is 11.5 Å². The highest BCUT2D eigenvalue weighted by molar-refractivity contribution is 8.00. The molecule has 1 amide bonds. The number of hydrogen-bond acceptors (Lipinski definition) is 7. The summed E-state index contributed by atoms with van der Waals surface area (Å²) in [6.45, 7) is 6.72. The SMILES string of the molecule is CC[C@H](Sc1nnc(-c2cccc(S(=O)(=O)N(CC)CC)c2)o1)C(=O)NCc1ccccc1. The lowest BCUT2D eigenvalue weighted by Gasteiger charge is -2.18. The maximum absolute atomic E-state index is 12.8. The standard InChI is InChI=1S/C23H28N4O4S2/c1-4-20(21(28)24-16-17-11-8-7-9-12-17)32-23-26-25-22(31-23)18-13-10-14-19(15-18)33(29,30)27(5-2)6-3/h7-15,20H,4-6,16H2,1-3H3,(H,24,28)/t20-/m0/s1. The second-order valence-electron chi connectivity index (χ2n) is 7.21. The lowest BCUT2D eigenvalue weighted by molar-refractivity contribution is -0.120. The average molecular weight is 489 g/mol. The monoisotopic (exact) mass is 488 g/mol. The fraction of sp³-hybridized carbons (Fsp3) is 0.348. The molecule has 1 N–H and O–H groups in total. The Morgan fingerprint density at radius 3 is 2.45 bits per heavy atom. The summed E-state index contributed by atoms with van der Waals surface area (Å²) in [5, 5.41) is 10.9. The summed E-state index contributed by atoms with van der Waals surface area (Å²) in [7, 11) is -3.60. The third kappa shape index (κ3) is 6.21. The van der Waals surface area contributed by atoms with Crippen molar-refractivity contribution in [2.45, 2.75) is 49.1 Å². The molecule has 10 heteroatoms. The third-order valence-electron chi connectivity index (χ3n) is 5.05. The van der Waals surface area contributed by atoms with E-state index in [1.165, 1.54) is 22.1 Å². The predicted octanol–water partition coefficient (Wildman–Crippen LogP) is 3.95. The van der Waals surface area contributed by atoms with Crippen LogP contribution >= 0.6 is 11.8 Å². The van der Waals surface area contributed by atoms with E-state index in [1.807, 2.05) is 37.3 Å². The molecular formula is C23H28N4O4S2. The van der Waals surface area contributed by atoms with Crippen LogP contribution in [-0.2, 0) is 21.4 Å². The van der Waals surface area contributed by atoms with E-state index in [0.29, 0.717) is 31.6 Å². The van der Waals surface area contributed by atoms with Gasteiger partial charge in [-0.2, -0.15) is 4.31 Å². The molecule has 1 aromatic heterocycles. The van der Waals surface area contributed by atoms with E-state index in [9.17, 15) is 13.2 Å². The topological polar surface area (TPSA) is 105 Å². The molecule has 0 spiro atoms. The molecule has 0 fully saturated rings. The van der Waals surface area contributed by atoms with Gasteiger partial charge in [-0.1, -0.05) is 68.9 Å². The van der Waals surface area contributed by atoms with Crippen molar-refractivity contribution in [2.24, 2.45) is 0 Å². The molecule has 3 rings (SSSR count). The van der Waals surface area contributed by atoms with Crippen molar-refractivity contribution in [1.82, 2.24) is 19.8 Å². The fourth-order valence-corrected chi connectivity index (χ4v) is 5.54. The molecular weight excluding hydrogens is 460 g/mol. The first-order valence-electron chi connectivity index (χ1n) is 10.8. The summed E-state index contributed by atoms with van der Waals surface area (Å²) in [5.74, 6) is 0.0899. The highest BCUT2D eigenvalue weighted by atomic mass is 32.2. The molecule has 1 heterocycles. The quantitative estimate of drug-likeness (QED) is 0.407. The van der Waals surface area contributed by atoms with Gasteiger partial charge in [0, 0.05) is 25.2 Å². The molecule has 0 saturated carbocycles. The van der Waals surface area contributed by atoms with E-state index in [2.05, 4.69) is 15.5 Å². The van der Waals surface area contributed by atoms with E-state index in [-0.39, 0.29) is 21.9 Å². The number of amides is 1. The molecule has 0 aliphatic heterocycles. The highest BCUT2D eigenvalue weighted by Crippen LogP contribution is 2.29. The molecule has 1 atom stereocenters. The van der Waals surface area contributed by atoms with Crippen LogP contribution in [0, 0.1) is 0 Å². The van der Waals surface area contributed by atoms with Crippen LogP contribution in [0.2, 0.25) is 0 Å². The van der Waals surface area contributed by atoms with Gasteiger partial charge in [-0.05, 0) is 30.2 Å². The van der Waals surface area contributed by atoms with Crippen molar-refractivity contribution in [1.29, 1.82) is 0 Å². The van der Waals surface area contributed by atoms with E-state index >= 15 is 0 Å². The normalized spacial score (nSPS) is 12.6. The van der Waals surface area contributed by atoms with Gasteiger partial charge < -0.3 is 9.73 Å². The number of carbonyl (C=O) groups excluding carboxylic acids is 1. The summed E-state index contributed by atoms with van der Waals surface area (Å²) in [4.78, 5) is 12.8. The van der Waals surface area contributed by atoms with Gasteiger partial charge in [0.2, 0.25) is 21.8 Å². The summed E-state index contributed by atoms with van der Waals surface area (Å²) in [6, 6.07) is 16.1. The Morgan fingerprint density at radius 2 is 1.79 bits per heavy atom. The second kappa shape index (κ2) is 11.4. The van der Waals surface area contributed by atoms with Gasteiger partial charge in [0.15, 0.2) is 0 Å². The van der Waals surface area contributed by atoms with Crippen LogP contribution in [0.4, 0.5) is 0 Å². The molecule has 3 aromatic rings. The van der Waals surface area contributed by atoms with Crippen molar-refractivity contribution in [3.63, 3.8) is 0 Å². The van der Waals surface area contributed by atoms with Crippen LogP contribution in [-0.4, -0.2) is 47.2 Å². The number of rotatable bonds is 11. The van der Waals surface area contributed by atoms with Crippen LogP contribution in [0.3, 0.4) is 0 Å². The van der Waals surface area contributed by atoms with Crippen molar-refractivity contribution < 1.29 is 17.6 Å². The Balaban J connectivity index is 1.70. The number of hydrogen-bond donors (Lipinski definition) is 1. The second-order valence-corrected chi connectivity index (χ2v) is 10.3. The zero-order valence-corrected chi connectivity index (χ0v) is 20.5. The molecule has 0 unspecified atom stereocenters. The fourth-order valence-electron chi connectivity index (χ4n) is 3.22. The van der Waals surface area contributed by atoms with Gasteiger partial charge in [0.05, 0.1) is 10.1 Å². The minimum atomic E-state index is -3.60. The number of carbonyl (C=O) groups is 1. The van der Waals surface area contributed by atoms with E-state index in [0.717, 1.165) is 5.56 Å². The van der Waals surface area contributed by atoms with E-state index < -0.39 is 15.3 Å². The maximum Gasteiger partial charge on any atom is 0.277 e. The van der Waals surface area contributed by atoms with Crippen LogP contribution in [0.1, 0.15) is 32.8 Å². The summed E-state index contributed by atoms with van der Waals surface area (Å²) in [6.07, 6.45) is 0.584. The largest absolute Gasteiger partial charge is 0.411 e. The molecule has 0 aliphatic carbocycles. The Kier molecular flexibility index (Phi) is 8.65. The molecule has 0 saturated heterocycles. The lowest BCUT2D eigenvalue weighted by atomic mass is 10.2. The first-order chi connectivity index (χ1) is 15.9. The number of sulfonamides is 1. The van der Waals surface area contributed by atoms with Crippen LogP contribution in [0.15, 0.2) is 69.1 Å². The van der Waals surface area contributed by atoms with E-state index in [1.54, 1.807) is 32.0 Å². The Hall–Kier alpha value is -2.69. The van der Waals surface area contributed by atoms with Gasteiger partial charge in [-0.15, -0.1) is 10.2 Å². The molecule has 0 aliphatic rings. The van der Waals surface area contributed by atoms with E-state index in [4.69, 9.17) is 4.42 Å². The molecule has 176 valence electrons. The first-order valence-corrected chi connectivity index (χ1v) is 13.1. The summed E-state index contributed by atoms with van der Waals surface area (Å²) < 4.78 is 32.8. The van der Waals surface area contributed by atoms with Gasteiger partial charge in [0.25, 0.3) is 5.22 Å². The minimum absolute atomic E-state index is 0.113. The first kappa shape index (κ1) is 24.9. The predicted molar refractivity (Wildman–Crippen MR) is 128 cm³/mol. The average Bonchev–Trinajstić information content (AvgIpc) is 3.31.